The van der Waals surface area contributed by atoms with Crippen molar-refractivity contribution in [1.82, 2.24) is 0 Å². The van der Waals surface area contributed by atoms with E-state index < -0.39 is 0 Å². The number of aryl methyl sites for hydroxylation is 1. The highest BCUT2D eigenvalue weighted by molar-refractivity contribution is 6.07. The van der Waals surface area contributed by atoms with E-state index in [1.54, 1.807) is 60.7 Å². The van der Waals surface area contributed by atoms with Gasteiger partial charge in [0.15, 0.2) is 0 Å². The number of carbonyl (C=O) groups excluding carboxylic acids is 3. The highest BCUT2D eigenvalue weighted by Crippen LogP contribution is 2.22. The van der Waals surface area contributed by atoms with Gasteiger partial charge in [-0.05, 0) is 61.0 Å². The Bertz CT molecular complexity index is 1090. The van der Waals surface area contributed by atoms with E-state index in [-0.39, 0.29) is 23.6 Å². The van der Waals surface area contributed by atoms with Gasteiger partial charge in [0.25, 0.3) is 11.8 Å². The van der Waals surface area contributed by atoms with Crippen LogP contribution in [-0.2, 0) is 4.79 Å². The molecule has 31 heavy (non-hydrogen) atoms. The van der Waals surface area contributed by atoms with E-state index in [2.05, 4.69) is 16.0 Å². The topological polar surface area (TPSA) is 87.3 Å². The minimum absolute atomic E-state index is 0.0813. The number of rotatable bonds is 6. The first-order chi connectivity index (χ1) is 14.8. The van der Waals surface area contributed by atoms with Crippen LogP contribution in [0.15, 0.2) is 72.8 Å². The zero-order valence-electron chi connectivity index (χ0n) is 17.7. The summed E-state index contributed by atoms with van der Waals surface area (Å²) in [4.78, 5) is 36.8. The lowest BCUT2D eigenvalue weighted by Crippen LogP contribution is -2.18. The molecule has 0 unspecified atom stereocenters. The Balaban J connectivity index is 1.69. The second kappa shape index (κ2) is 9.71. The van der Waals surface area contributed by atoms with Crippen LogP contribution in [0.5, 0.6) is 0 Å². The lowest BCUT2D eigenvalue weighted by atomic mass is 10.1. The van der Waals surface area contributed by atoms with Crippen LogP contribution in [0.2, 0.25) is 0 Å². The van der Waals surface area contributed by atoms with Crippen LogP contribution in [-0.4, -0.2) is 17.7 Å². The van der Waals surface area contributed by atoms with Gasteiger partial charge in [-0.2, -0.15) is 0 Å². The maximum atomic E-state index is 12.7. The summed E-state index contributed by atoms with van der Waals surface area (Å²) < 4.78 is 0. The van der Waals surface area contributed by atoms with Crippen molar-refractivity contribution in [2.75, 3.05) is 16.0 Å². The number of benzene rings is 3. The number of carbonyl (C=O) groups is 3. The van der Waals surface area contributed by atoms with Crippen molar-refractivity contribution in [3.8, 4) is 0 Å². The fourth-order valence-electron chi connectivity index (χ4n) is 2.81. The van der Waals surface area contributed by atoms with Crippen LogP contribution >= 0.6 is 0 Å². The molecule has 0 aromatic heterocycles. The maximum Gasteiger partial charge on any atom is 0.255 e. The van der Waals surface area contributed by atoms with E-state index >= 15 is 0 Å². The quantitative estimate of drug-likeness (QED) is 0.524. The summed E-state index contributed by atoms with van der Waals surface area (Å²) in [5.41, 5.74) is 3.71. The first kappa shape index (κ1) is 21.8. The van der Waals surface area contributed by atoms with Crippen LogP contribution in [0.4, 0.5) is 17.1 Å². The third-order valence-corrected chi connectivity index (χ3v) is 4.72. The Morgan fingerprint density at radius 2 is 1.26 bits per heavy atom. The minimum Gasteiger partial charge on any atom is -0.326 e. The Morgan fingerprint density at radius 3 is 1.90 bits per heavy atom. The van der Waals surface area contributed by atoms with Gasteiger partial charge >= 0.3 is 0 Å². The number of anilines is 3. The van der Waals surface area contributed by atoms with Gasteiger partial charge in [-0.25, -0.2) is 0 Å². The average Bonchev–Trinajstić information content (AvgIpc) is 2.77. The van der Waals surface area contributed by atoms with E-state index in [9.17, 15) is 14.4 Å². The number of hydrogen-bond donors (Lipinski definition) is 3. The molecule has 3 amide bonds. The molecule has 0 heterocycles. The number of amides is 3. The lowest BCUT2D eigenvalue weighted by molar-refractivity contribution is -0.118. The summed E-state index contributed by atoms with van der Waals surface area (Å²) in [5, 5.41) is 8.52. The van der Waals surface area contributed by atoms with Crippen molar-refractivity contribution in [1.29, 1.82) is 0 Å². The van der Waals surface area contributed by atoms with Gasteiger partial charge in [0.05, 0.1) is 0 Å². The zero-order chi connectivity index (χ0) is 22.4. The van der Waals surface area contributed by atoms with E-state index in [4.69, 9.17) is 0 Å². The zero-order valence-corrected chi connectivity index (χ0v) is 17.7. The molecule has 3 aromatic rings. The van der Waals surface area contributed by atoms with E-state index in [1.807, 2.05) is 32.9 Å². The number of hydrogen-bond acceptors (Lipinski definition) is 3. The molecule has 6 nitrogen and oxygen atoms in total. The molecular weight excluding hydrogens is 390 g/mol. The molecule has 0 saturated carbocycles. The molecule has 0 spiro atoms. The van der Waals surface area contributed by atoms with Crippen molar-refractivity contribution < 1.29 is 14.4 Å². The first-order valence-electron chi connectivity index (χ1n) is 10.0. The van der Waals surface area contributed by atoms with Crippen LogP contribution in [0.1, 0.15) is 40.1 Å². The second-order valence-electron chi connectivity index (χ2n) is 7.53. The van der Waals surface area contributed by atoms with E-state index in [0.29, 0.717) is 28.2 Å². The van der Waals surface area contributed by atoms with Gasteiger partial charge in [-0.1, -0.05) is 38.1 Å². The van der Waals surface area contributed by atoms with Crippen molar-refractivity contribution in [2.45, 2.75) is 20.8 Å². The molecule has 6 heteroatoms. The Labute approximate surface area is 181 Å². The SMILES string of the molecule is Cc1ccc(NC(=O)c2ccccc2)cc1NC(=O)c1ccc(NC(=O)C(C)C)cc1. The lowest BCUT2D eigenvalue weighted by Gasteiger charge is -2.12. The molecule has 3 N–H and O–H groups in total. The van der Waals surface area contributed by atoms with Crippen LogP contribution < -0.4 is 16.0 Å². The summed E-state index contributed by atoms with van der Waals surface area (Å²) in [6.45, 7) is 5.51. The molecule has 0 atom stereocenters. The molecule has 3 rings (SSSR count). The summed E-state index contributed by atoms with van der Waals surface area (Å²) >= 11 is 0. The van der Waals surface area contributed by atoms with Crippen LogP contribution in [0.3, 0.4) is 0 Å². The van der Waals surface area contributed by atoms with Gasteiger partial charge in [0.2, 0.25) is 5.91 Å². The second-order valence-corrected chi connectivity index (χ2v) is 7.53. The molecule has 3 aromatic carbocycles. The molecule has 0 aliphatic heterocycles. The minimum atomic E-state index is -0.281. The summed E-state index contributed by atoms with van der Waals surface area (Å²) in [7, 11) is 0. The summed E-state index contributed by atoms with van der Waals surface area (Å²) in [6, 6.07) is 21.0. The van der Waals surface area contributed by atoms with Gasteiger partial charge in [-0.3, -0.25) is 14.4 Å². The van der Waals surface area contributed by atoms with E-state index in [1.165, 1.54) is 0 Å². The molecule has 0 aliphatic carbocycles. The van der Waals surface area contributed by atoms with Crippen molar-refractivity contribution in [3.63, 3.8) is 0 Å². The molecule has 0 radical (unpaired) electrons. The molecule has 158 valence electrons. The summed E-state index contributed by atoms with van der Waals surface area (Å²) in [5.74, 6) is -0.708. The predicted molar refractivity (Wildman–Crippen MR) is 123 cm³/mol. The van der Waals surface area contributed by atoms with E-state index in [0.717, 1.165) is 5.56 Å². The molecule has 0 saturated heterocycles. The smallest absolute Gasteiger partial charge is 0.255 e. The molecule has 0 aliphatic rings. The van der Waals surface area contributed by atoms with Gasteiger partial charge < -0.3 is 16.0 Å². The van der Waals surface area contributed by atoms with Crippen molar-refractivity contribution in [3.05, 3.63) is 89.5 Å². The van der Waals surface area contributed by atoms with Gasteiger partial charge in [-0.15, -0.1) is 0 Å². The normalized spacial score (nSPS) is 10.5. The fourth-order valence-corrected chi connectivity index (χ4v) is 2.81. The van der Waals surface area contributed by atoms with Crippen molar-refractivity contribution in [2.24, 2.45) is 5.92 Å². The molecule has 0 bridgehead atoms. The van der Waals surface area contributed by atoms with Gasteiger partial charge in [0, 0.05) is 34.1 Å². The summed E-state index contributed by atoms with van der Waals surface area (Å²) in [6.07, 6.45) is 0. The molecular formula is C25H25N3O3. The standard InChI is InChI=1S/C25H25N3O3/c1-16(2)23(29)26-20-13-10-19(11-14-20)25(31)28-22-15-21(12-9-17(22)3)27-24(30)18-7-5-4-6-8-18/h4-16H,1-3H3,(H,26,29)(H,27,30)(H,28,31). The average molecular weight is 415 g/mol. The maximum absolute atomic E-state index is 12.7. The first-order valence-corrected chi connectivity index (χ1v) is 10.0. The molecule has 0 fully saturated rings. The highest BCUT2D eigenvalue weighted by atomic mass is 16.2. The number of nitrogens with one attached hydrogen (secondary N) is 3. The Hall–Kier alpha value is -3.93. The van der Waals surface area contributed by atoms with Crippen LogP contribution in [0, 0.1) is 12.8 Å². The monoisotopic (exact) mass is 415 g/mol. The highest BCUT2D eigenvalue weighted by Gasteiger charge is 2.12. The fraction of sp³-hybridized carbons (Fsp3) is 0.160. The third kappa shape index (κ3) is 5.79. The van der Waals surface area contributed by atoms with Crippen LogP contribution in [0.25, 0.3) is 0 Å². The van der Waals surface area contributed by atoms with Crippen molar-refractivity contribution >= 4 is 34.8 Å². The predicted octanol–water partition coefficient (Wildman–Crippen LogP) is 5.09. The largest absolute Gasteiger partial charge is 0.326 e. The Kier molecular flexibility index (Phi) is 6.82. The Morgan fingerprint density at radius 1 is 0.677 bits per heavy atom. The third-order valence-electron chi connectivity index (χ3n) is 4.72. The van der Waals surface area contributed by atoms with Gasteiger partial charge in [0.1, 0.15) is 0 Å².